The van der Waals surface area contributed by atoms with Crippen LogP contribution < -0.4 is 15.5 Å². The number of nitrogens with zero attached hydrogens (tertiary/aromatic N) is 5. The maximum absolute atomic E-state index is 14.5. The summed E-state index contributed by atoms with van der Waals surface area (Å²) in [6.45, 7) is 3.81. The standard InChI is InChI=1S/C25H33FN6O2/c1-3-17-15-28-25(29-16-17)32-12-10-21(11-13-32)34-30-20-7-4-18(5-8-20)19-6-9-23(22(26)14-19)31(2)24(27)33/h6,9,14-16,18,21H,3-5,7-8,10-13H2,1-2H3,(H2,27,33). The summed E-state index contributed by atoms with van der Waals surface area (Å²) in [5.74, 6) is 0.620. The first-order chi connectivity index (χ1) is 16.4. The Kier molecular flexibility index (Phi) is 7.59. The van der Waals surface area contributed by atoms with Crippen molar-refractivity contribution < 1.29 is 14.0 Å². The molecule has 4 rings (SSSR count). The number of benzene rings is 1. The van der Waals surface area contributed by atoms with Gasteiger partial charge in [0.1, 0.15) is 11.9 Å². The second-order valence-electron chi connectivity index (χ2n) is 9.08. The van der Waals surface area contributed by atoms with Gasteiger partial charge in [-0.1, -0.05) is 18.1 Å². The van der Waals surface area contributed by atoms with E-state index in [-0.39, 0.29) is 17.7 Å². The van der Waals surface area contributed by atoms with Crippen LogP contribution in [0.15, 0.2) is 35.7 Å². The van der Waals surface area contributed by atoms with Gasteiger partial charge in [0.2, 0.25) is 5.95 Å². The molecule has 182 valence electrons. The lowest BCUT2D eigenvalue weighted by atomic mass is 9.83. The first-order valence-electron chi connectivity index (χ1n) is 12.0. The Bertz CT molecular complexity index is 1010. The zero-order valence-corrected chi connectivity index (χ0v) is 19.9. The topological polar surface area (TPSA) is 96.9 Å². The molecule has 2 fully saturated rings. The van der Waals surface area contributed by atoms with E-state index in [2.05, 4.69) is 26.9 Å². The molecule has 1 aliphatic carbocycles. The summed E-state index contributed by atoms with van der Waals surface area (Å²) >= 11 is 0. The molecule has 0 atom stereocenters. The Balaban J connectivity index is 1.24. The number of carbonyl (C=O) groups is 1. The summed E-state index contributed by atoms with van der Waals surface area (Å²) in [5.41, 5.74) is 8.60. The molecule has 0 radical (unpaired) electrons. The number of primary amides is 1. The summed E-state index contributed by atoms with van der Waals surface area (Å²) in [6.07, 6.45) is 10.1. The average Bonchev–Trinajstić information content (AvgIpc) is 2.87. The Labute approximate surface area is 200 Å². The molecular formula is C25H33FN6O2. The van der Waals surface area contributed by atoms with Gasteiger partial charge in [-0.25, -0.2) is 19.2 Å². The molecule has 2 N–H and O–H groups in total. The van der Waals surface area contributed by atoms with E-state index in [4.69, 9.17) is 10.6 Å². The number of carbonyl (C=O) groups excluding carboxylic acids is 1. The van der Waals surface area contributed by atoms with Gasteiger partial charge < -0.3 is 15.5 Å². The van der Waals surface area contributed by atoms with Crippen molar-refractivity contribution in [2.45, 2.75) is 63.9 Å². The summed E-state index contributed by atoms with van der Waals surface area (Å²) < 4.78 is 14.5. The SMILES string of the molecule is CCc1cnc(N2CCC(ON=C3CCC(c4ccc(N(C)C(N)=O)c(F)c4)CC3)CC2)nc1. The predicted molar refractivity (Wildman–Crippen MR) is 131 cm³/mol. The predicted octanol–water partition coefficient (Wildman–Crippen LogP) is 4.39. The van der Waals surface area contributed by atoms with E-state index in [1.165, 1.54) is 13.1 Å². The van der Waals surface area contributed by atoms with Gasteiger partial charge in [-0.15, -0.1) is 0 Å². The zero-order chi connectivity index (χ0) is 24.1. The molecule has 1 aromatic heterocycles. The van der Waals surface area contributed by atoms with Gasteiger partial charge in [0.05, 0.1) is 11.4 Å². The average molecular weight is 469 g/mol. The van der Waals surface area contributed by atoms with E-state index < -0.39 is 11.8 Å². The number of aromatic nitrogens is 2. The molecule has 1 saturated carbocycles. The molecule has 2 aromatic rings. The second-order valence-corrected chi connectivity index (χ2v) is 9.08. The molecule has 8 nitrogen and oxygen atoms in total. The third-order valence-electron chi connectivity index (χ3n) is 6.85. The van der Waals surface area contributed by atoms with E-state index in [0.29, 0.717) is 0 Å². The minimum Gasteiger partial charge on any atom is -0.392 e. The quantitative estimate of drug-likeness (QED) is 0.634. The minimum absolute atomic E-state index is 0.111. The van der Waals surface area contributed by atoms with Crippen molar-refractivity contribution in [2.24, 2.45) is 10.9 Å². The molecule has 1 aliphatic heterocycles. The van der Waals surface area contributed by atoms with Crippen LogP contribution in [0.5, 0.6) is 0 Å². The fourth-order valence-corrected chi connectivity index (χ4v) is 4.55. The Morgan fingerprint density at radius 1 is 1.21 bits per heavy atom. The lowest BCUT2D eigenvalue weighted by Crippen LogP contribution is -2.37. The number of anilines is 2. The number of urea groups is 1. The van der Waals surface area contributed by atoms with Crippen molar-refractivity contribution in [3.8, 4) is 0 Å². The van der Waals surface area contributed by atoms with E-state index in [9.17, 15) is 9.18 Å². The van der Waals surface area contributed by atoms with Crippen molar-refractivity contribution in [2.75, 3.05) is 29.9 Å². The molecule has 2 amide bonds. The molecule has 1 aromatic carbocycles. The molecule has 2 aliphatic rings. The molecule has 0 unspecified atom stereocenters. The highest BCUT2D eigenvalue weighted by atomic mass is 19.1. The molecule has 0 bridgehead atoms. The van der Waals surface area contributed by atoms with E-state index in [1.54, 1.807) is 6.07 Å². The number of amides is 2. The summed E-state index contributed by atoms with van der Waals surface area (Å²) in [6, 6.07) is 4.34. The van der Waals surface area contributed by atoms with Gasteiger partial charge in [-0.2, -0.15) is 0 Å². The van der Waals surface area contributed by atoms with E-state index in [0.717, 1.165) is 85.7 Å². The molecule has 9 heteroatoms. The first-order valence-corrected chi connectivity index (χ1v) is 12.0. The molecule has 34 heavy (non-hydrogen) atoms. The third-order valence-corrected chi connectivity index (χ3v) is 6.85. The van der Waals surface area contributed by atoms with Crippen LogP contribution in [0.1, 0.15) is 62.5 Å². The van der Waals surface area contributed by atoms with Gasteiger partial charge in [0, 0.05) is 45.4 Å². The van der Waals surface area contributed by atoms with Crippen molar-refractivity contribution in [1.29, 1.82) is 0 Å². The fourth-order valence-electron chi connectivity index (χ4n) is 4.55. The molecule has 0 spiro atoms. The Hall–Kier alpha value is -3.23. The van der Waals surface area contributed by atoms with Crippen molar-refractivity contribution in [3.05, 3.63) is 47.5 Å². The van der Waals surface area contributed by atoms with Gasteiger partial charge in [-0.05, 0) is 61.3 Å². The summed E-state index contributed by atoms with van der Waals surface area (Å²) in [5, 5.41) is 4.46. The largest absolute Gasteiger partial charge is 0.392 e. The smallest absolute Gasteiger partial charge is 0.319 e. The van der Waals surface area contributed by atoms with Crippen LogP contribution in [-0.4, -0.2) is 48.0 Å². The number of oxime groups is 1. The van der Waals surface area contributed by atoms with Crippen LogP contribution in [0.25, 0.3) is 0 Å². The normalized spacial score (nSPS) is 19.1. The number of halogens is 1. The van der Waals surface area contributed by atoms with Crippen LogP contribution in [0.4, 0.5) is 20.8 Å². The Morgan fingerprint density at radius 3 is 2.47 bits per heavy atom. The monoisotopic (exact) mass is 468 g/mol. The van der Waals surface area contributed by atoms with Crippen molar-refractivity contribution in [3.63, 3.8) is 0 Å². The highest BCUT2D eigenvalue weighted by Gasteiger charge is 2.24. The number of rotatable bonds is 6. The lowest BCUT2D eigenvalue weighted by Gasteiger charge is -2.31. The summed E-state index contributed by atoms with van der Waals surface area (Å²) in [7, 11) is 1.46. The van der Waals surface area contributed by atoms with Gasteiger partial charge in [0.25, 0.3) is 0 Å². The van der Waals surface area contributed by atoms with Crippen LogP contribution in [0, 0.1) is 5.82 Å². The maximum Gasteiger partial charge on any atom is 0.319 e. The van der Waals surface area contributed by atoms with Crippen LogP contribution >= 0.6 is 0 Å². The number of aryl methyl sites for hydroxylation is 1. The first kappa shape index (κ1) is 23.9. The highest BCUT2D eigenvalue weighted by Crippen LogP contribution is 2.34. The number of piperidine rings is 1. The van der Waals surface area contributed by atoms with Gasteiger partial charge in [-0.3, -0.25) is 4.90 Å². The Morgan fingerprint density at radius 2 is 1.88 bits per heavy atom. The van der Waals surface area contributed by atoms with Crippen LogP contribution in [0.3, 0.4) is 0 Å². The number of hydrogen-bond acceptors (Lipinski definition) is 6. The van der Waals surface area contributed by atoms with E-state index in [1.807, 2.05) is 18.5 Å². The van der Waals surface area contributed by atoms with Crippen LogP contribution in [-0.2, 0) is 11.3 Å². The fraction of sp³-hybridized carbons (Fsp3) is 0.520. The zero-order valence-electron chi connectivity index (χ0n) is 19.9. The highest BCUT2D eigenvalue weighted by molar-refractivity contribution is 5.90. The van der Waals surface area contributed by atoms with Crippen LogP contribution in [0.2, 0.25) is 0 Å². The second kappa shape index (κ2) is 10.8. The summed E-state index contributed by atoms with van der Waals surface area (Å²) in [4.78, 5) is 29.4. The minimum atomic E-state index is -0.685. The number of nitrogens with two attached hydrogens (primary N) is 1. The number of hydrogen-bond donors (Lipinski definition) is 1. The van der Waals surface area contributed by atoms with E-state index >= 15 is 0 Å². The lowest BCUT2D eigenvalue weighted by molar-refractivity contribution is 0.0406. The van der Waals surface area contributed by atoms with Gasteiger partial charge in [0.15, 0.2) is 0 Å². The van der Waals surface area contributed by atoms with Crippen molar-refractivity contribution in [1.82, 2.24) is 9.97 Å². The molecular weight excluding hydrogens is 435 g/mol. The van der Waals surface area contributed by atoms with Gasteiger partial charge >= 0.3 is 6.03 Å². The third kappa shape index (κ3) is 5.63. The van der Waals surface area contributed by atoms with Crippen molar-refractivity contribution >= 4 is 23.4 Å². The molecule has 1 saturated heterocycles. The maximum atomic E-state index is 14.5. The molecule has 2 heterocycles.